The van der Waals surface area contributed by atoms with Crippen molar-refractivity contribution in [2.75, 3.05) is 25.0 Å². The van der Waals surface area contributed by atoms with Crippen molar-refractivity contribution in [2.24, 2.45) is 5.92 Å². The van der Waals surface area contributed by atoms with Crippen molar-refractivity contribution in [1.82, 2.24) is 14.7 Å². The Morgan fingerprint density at radius 2 is 2.08 bits per heavy atom. The summed E-state index contributed by atoms with van der Waals surface area (Å²) >= 11 is 0. The van der Waals surface area contributed by atoms with Crippen LogP contribution in [0.4, 0.5) is 5.82 Å². The van der Waals surface area contributed by atoms with E-state index in [9.17, 15) is 4.79 Å². The molecule has 2 heterocycles. The van der Waals surface area contributed by atoms with Gasteiger partial charge >= 0.3 is 0 Å². The fourth-order valence-corrected chi connectivity index (χ4v) is 4.07. The number of carbonyl (C=O) groups is 1. The van der Waals surface area contributed by atoms with Gasteiger partial charge < -0.3 is 10.2 Å². The van der Waals surface area contributed by atoms with Crippen molar-refractivity contribution in [3.05, 3.63) is 29.6 Å². The molecule has 1 aliphatic carbocycles. The first-order valence-corrected chi connectivity index (χ1v) is 10.1. The number of unbranched alkanes of at least 4 members (excludes halogenated alkanes) is 1. The van der Waals surface area contributed by atoms with E-state index >= 15 is 0 Å². The van der Waals surface area contributed by atoms with E-state index in [4.69, 9.17) is 4.98 Å². The van der Waals surface area contributed by atoms with Crippen LogP contribution in [0.5, 0.6) is 0 Å². The van der Waals surface area contributed by atoms with Gasteiger partial charge in [-0.3, -0.25) is 9.20 Å². The summed E-state index contributed by atoms with van der Waals surface area (Å²) < 4.78 is 2.08. The third-order valence-corrected chi connectivity index (χ3v) is 5.46. The van der Waals surface area contributed by atoms with Crippen LogP contribution in [0.2, 0.25) is 0 Å². The summed E-state index contributed by atoms with van der Waals surface area (Å²) in [7, 11) is 2.15. The van der Waals surface area contributed by atoms with Gasteiger partial charge in [-0.25, -0.2) is 4.98 Å². The molecular formula is C21H32N4O. The smallest absolute Gasteiger partial charge is 0.252 e. The molecule has 0 atom stereocenters. The van der Waals surface area contributed by atoms with Gasteiger partial charge in [0.15, 0.2) is 0 Å². The Balaban J connectivity index is 1.81. The fourth-order valence-electron chi connectivity index (χ4n) is 4.07. The second-order valence-electron chi connectivity index (χ2n) is 7.66. The van der Waals surface area contributed by atoms with Crippen LogP contribution in [-0.4, -0.2) is 35.4 Å². The van der Waals surface area contributed by atoms with Crippen LogP contribution in [0.1, 0.15) is 67.9 Å². The van der Waals surface area contributed by atoms with Gasteiger partial charge in [0.05, 0.1) is 11.3 Å². The Kier molecular flexibility index (Phi) is 6.17. The number of rotatable bonds is 7. The second kappa shape index (κ2) is 8.56. The van der Waals surface area contributed by atoms with E-state index in [0.29, 0.717) is 5.56 Å². The highest BCUT2D eigenvalue weighted by Crippen LogP contribution is 2.28. The van der Waals surface area contributed by atoms with Gasteiger partial charge in [0.25, 0.3) is 5.91 Å². The molecule has 1 N–H and O–H groups in total. The second-order valence-corrected chi connectivity index (χ2v) is 7.66. The zero-order chi connectivity index (χ0) is 18.5. The molecule has 0 spiro atoms. The number of anilines is 1. The minimum absolute atomic E-state index is 0.00686. The van der Waals surface area contributed by atoms with Crippen LogP contribution in [0, 0.1) is 12.8 Å². The highest BCUT2D eigenvalue weighted by atomic mass is 16.1. The first-order valence-electron chi connectivity index (χ1n) is 10.1. The lowest BCUT2D eigenvalue weighted by Crippen LogP contribution is -2.28. The van der Waals surface area contributed by atoms with Crippen molar-refractivity contribution in [2.45, 2.75) is 58.8 Å². The number of nitrogens with one attached hydrogen (secondary N) is 1. The standard InChI is InChI=1S/C21H32N4O/c1-4-5-13-22-20(26)18-11-12-19-23-16(2)21(25(19)15-18)24(3)14-17-9-7-6-8-10-17/h11-12,15,17H,4-10,13-14H2,1-3H3,(H,22,26). The zero-order valence-corrected chi connectivity index (χ0v) is 16.4. The number of aryl methyl sites for hydroxylation is 1. The lowest BCUT2D eigenvalue weighted by atomic mass is 9.89. The molecule has 0 unspecified atom stereocenters. The van der Waals surface area contributed by atoms with Gasteiger partial charge in [-0.2, -0.15) is 0 Å². The molecule has 1 fully saturated rings. The summed E-state index contributed by atoms with van der Waals surface area (Å²) in [6, 6.07) is 3.81. The molecule has 0 bridgehead atoms. The van der Waals surface area contributed by atoms with Gasteiger partial charge in [-0.1, -0.05) is 32.6 Å². The lowest BCUT2D eigenvalue weighted by molar-refractivity contribution is 0.0952. The predicted octanol–water partition coefficient (Wildman–Crippen LogP) is 4.19. The number of hydrogen-bond acceptors (Lipinski definition) is 3. The first-order chi connectivity index (χ1) is 12.6. The molecule has 26 heavy (non-hydrogen) atoms. The van der Waals surface area contributed by atoms with Crippen molar-refractivity contribution < 1.29 is 4.79 Å². The minimum Gasteiger partial charge on any atom is -0.359 e. The quantitative estimate of drug-likeness (QED) is 0.757. The summed E-state index contributed by atoms with van der Waals surface area (Å²) in [5, 5.41) is 3.00. The van der Waals surface area contributed by atoms with E-state index in [2.05, 4.69) is 35.5 Å². The van der Waals surface area contributed by atoms with Crippen LogP contribution in [0.3, 0.4) is 0 Å². The number of fused-ring (bicyclic) bond motifs is 1. The van der Waals surface area contributed by atoms with Crippen molar-refractivity contribution in [3.8, 4) is 0 Å². The SMILES string of the molecule is CCCCNC(=O)c1ccc2nc(C)c(N(C)CC3CCCCC3)n2c1. The third kappa shape index (κ3) is 4.19. The van der Waals surface area contributed by atoms with Crippen LogP contribution < -0.4 is 10.2 Å². The van der Waals surface area contributed by atoms with Crippen LogP contribution in [-0.2, 0) is 0 Å². The average Bonchev–Trinajstić information content (AvgIpc) is 2.97. The highest BCUT2D eigenvalue weighted by Gasteiger charge is 2.20. The molecular weight excluding hydrogens is 324 g/mol. The van der Waals surface area contributed by atoms with Crippen molar-refractivity contribution >= 4 is 17.4 Å². The number of imidazole rings is 1. The van der Waals surface area contributed by atoms with E-state index in [0.717, 1.165) is 49.0 Å². The number of aromatic nitrogens is 2. The van der Waals surface area contributed by atoms with E-state index < -0.39 is 0 Å². The lowest BCUT2D eigenvalue weighted by Gasteiger charge is -2.28. The Bertz CT molecular complexity index is 746. The fraction of sp³-hybridized carbons (Fsp3) is 0.619. The molecule has 1 saturated carbocycles. The number of nitrogens with zero attached hydrogens (tertiary/aromatic N) is 3. The summed E-state index contributed by atoms with van der Waals surface area (Å²) in [6.45, 7) is 5.97. The van der Waals surface area contributed by atoms with E-state index in [1.807, 2.05) is 18.3 Å². The molecule has 0 saturated heterocycles. The first kappa shape index (κ1) is 18.7. The third-order valence-electron chi connectivity index (χ3n) is 5.46. The number of pyridine rings is 1. The van der Waals surface area contributed by atoms with E-state index in [1.54, 1.807) is 0 Å². The van der Waals surface area contributed by atoms with Crippen molar-refractivity contribution in [1.29, 1.82) is 0 Å². The largest absolute Gasteiger partial charge is 0.359 e. The van der Waals surface area contributed by atoms with Crippen LogP contribution in [0.15, 0.2) is 18.3 Å². The van der Waals surface area contributed by atoms with E-state index in [1.165, 1.54) is 32.1 Å². The van der Waals surface area contributed by atoms with Crippen LogP contribution >= 0.6 is 0 Å². The Labute approximate surface area is 156 Å². The molecule has 0 aliphatic heterocycles. The van der Waals surface area contributed by atoms with Gasteiger partial charge in [-0.15, -0.1) is 0 Å². The maximum absolute atomic E-state index is 12.4. The summed E-state index contributed by atoms with van der Waals surface area (Å²) in [6.07, 6.45) is 10.8. The molecule has 0 aromatic carbocycles. The minimum atomic E-state index is -0.00686. The summed E-state index contributed by atoms with van der Waals surface area (Å²) in [5.41, 5.74) is 2.61. The van der Waals surface area contributed by atoms with Crippen LogP contribution in [0.25, 0.3) is 5.65 Å². The van der Waals surface area contributed by atoms with Gasteiger partial charge in [0.2, 0.25) is 0 Å². The molecule has 1 amide bonds. The topological polar surface area (TPSA) is 49.6 Å². The number of amides is 1. The molecule has 2 aromatic heterocycles. The molecule has 5 nitrogen and oxygen atoms in total. The molecule has 2 aromatic rings. The van der Waals surface area contributed by atoms with Gasteiger partial charge in [0, 0.05) is 26.3 Å². The Morgan fingerprint density at radius 1 is 1.31 bits per heavy atom. The van der Waals surface area contributed by atoms with E-state index in [-0.39, 0.29) is 5.91 Å². The molecule has 5 heteroatoms. The van der Waals surface area contributed by atoms with Crippen molar-refractivity contribution in [3.63, 3.8) is 0 Å². The van der Waals surface area contributed by atoms with Gasteiger partial charge in [0.1, 0.15) is 11.5 Å². The Hall–Kier alpha value is -2.04. The monoisotopic (exact) mass is 356 g/mol. The maximum Gasteiger partial charge on any atom is 0.252 e. The normalized spacial score (nSPS) is 15.3. The zero-order valence-electron chi connectivity index (χ0n) is 16.4. The molecule has 0 radical (unpaired) electrons. The predicted molar refractivity (Wildman–Crippen MR) is 107 cm³/mol. The summed E-state index contributed by atoms with van der Waals surface area (Å²) in [5.74, 6) is 1.86. The summed E-state index contributed by atoms with van der Waals surface area (Å²) in [4.78, 5) is 19.4. The highest BCUT2D eigenvalue weighted by molar-refractivity contribution is 5.94. The van der Waals surface area contributed by atoms with Gasteiger partial charge in [-0.05, 0) is 44.2 Å². The number of carbonyl (C=O) groups excluding carboxylic acids is 1. The maximum atomic E-state index is 12.4. The molecule has 142 valence electrons. The molecule has 1 aliphatic rings. The molecule has 3 rings (SSSR count). The number of hydrogen-bond donors (Lipinski definition) is 1. The Morgan fingerprint density at radius 3 is 2.81 bits per heavy atom. The average molecular weight is 357 g/mol.